The van der Waals surface area contributed by atoms with Crippen molar-refractivity contribution in [1.82, 2.24) is 5.32 Å². The number of nitriles is 1. The number of carbonyl (C=O) groups excluding carboxylic acids is 1. The molecule has 5 nitrogen and oxygen atoms in total. The number of hydrogen-bond acceptors (Lipinski definition) is 4. The summed E-state index contributed by atoms with van der Waals surface area (Å²) in [6, 6.07) is 8.43. The molecule has 1 aliphatic carbocycles. The molecule has 2 rings (SSSR count). The molecule has 1 aromatic rings. The number of sulfone groups is 1. The molecule has 0 radical (unpaired) electrons. The Labute approximate surface area is 145 Å². The zero-order valence-corrected chi connectivity index (χ0v) is 15.1. The summed E-state index contributed by atoms with van der Waals surface area (Å²) in [4.78, 5) is 12.5. The van der Waals surface area contributed by atoms with Gasteiger partial charge in [-0.15, -0.1) is 0 Å². The zero-order valence-electron chi connectivity index (χ0n) is 12.7. The fraction of sp³-hybridized carbons (Fsp3) is 0.500. The van der Waals surface area contributed by atoms with Gasteiger partial charge >= 0.3 is 0 Å². The Hall–Kier alpha value is -1.39. The van der Waals surface area contributed by atoms with Gasteiger partial charge in [0.15, 0.2) is 9.84 Å². The van der Waals surface area contributed by atoms with Crippen LogP contribution in [0.4, 0.5) is 0 Å². The highest BCUT2D eigenvalue weighted by molar-refractivity contribution is 9.10. The van der Waals surface area contributed by atoms with Gasteiger partial charge < -0.3 is 5.32 Å². The van der Waals surface area contributed by atoms with E-state index in [9.17, 15) is 13.2 Å². The highest BCUT2D eigenvalue weighted by atomic mass is 79.9. The average molecular weight is 399 g/mol. The maximum Gasteiger partial charge on any atom is 0.224 e. The zero-order chi connectivity index (χ0) is 16.9. The molecular formula is C16H19BrN2O3S. The summed E-state index contributed by atoms with van der Waals surface area (Å²) < 4.78 is 26.0. The summed E-state index contributed by atoms with van der Waals surface area (Å²) in [6.07, 6.45) is 3.25. The van der Waals surface area contributed by atoms with Gasteiger partial charge in [-0.3, -0.25) is 4.79 Å². The van der Waals surface area contributed by atoms with Crippen LogP contribution in [0.25, 0.3) is 0 Å². The van der Waals surface area contributed by atoms with Crippen molar-refractivity contribution in [2.24, 2.45) is 11.8 Å². The van der Waals surface area contributed by atoms with Gasteiger partial charge in [0.2, 0.25) is 5.91 Å². The van der Waals surface area contributed by atoms with Crippen LogP contribution in [0, 0.1) is 23.2 Å². The SMILES string of the molecule is N#CCNC(=O)C1CCCCC1CS(=O)(=O)c1ccc(Br)cc1. The molecule has 1 fully saturated rings. The molecule has 0 saturated heterocycles. The van der Waals surface area contributed by atoms with E-state index in [4.69, 9.17) is 5.26 Å². The predicted octanol–water partition coefficient (Wildman–Crippen LogP) is 2.67. The van der Waals surface area contributed by atoms with E-state index >= 15 is 0 Å². The summed E-state index contributed by atoms with van der Waals surface area (Å²) in [6.45, 7) is -0.0402. The van der Waals surface area contributed by atoms with Crippen molar-refractivity contribution in [1.29, 1.82) is 5.26 Å². The lowest BCUT2D eigenvalue weighted by atomic mass is 9.80. The molecule has 0 spiro atoms. The number of amides is 1. The Morgan fingerprint density at radius 2 is 1.91 bits per heavy atom. The van der Waals surface area contributed by atoms with Crippen LogP contribution in [0.5, 0.6) is 0 Å². The summed E-state index contributed by atoms with van der Waals surface area (Å²) in [5, 5.41) is 11.1. The number of nitrogens with zero attached hydrogens (tertiary/aromatic N) is 1. The second-order valence-electron chi connectivity index (χ2n) is 5.76. The molecule has 1 aliphatic rings. The predicted molar refractivity (Wildman–Crippen MR) is 90.3 cm³/mol. The lowest BCUT2D eigenvalue weighted by molar-refractivity contribution is -0.127. The normalized spacial score (nSPS) is 21.4. The molecule has 1 amide bonds. The summed E-state index contributed by atoms with van der Waals surface area (Å²) in [5.41, 5.74) is 0. The molecule has 0 bridgehead atoms. The monoisotopic (exact) mass is 398 g/mol. The van der Waals surface area contributed by atoms with Gasteiger partial charge in [0.05, 0.1) is 16.7 Å². The van der Waals surface area contributed by atoms with Crippen LogP contribution in [-0.4, -0.2) is 26.6 Å². The Bertz CT molecular complexity index is 695. The quantitative estimate of drug-likeness (QED) is 0.772. The van der Waals surface area contributed by atoms with Crippen molar-refractivity contribution in [2.75, 3.05) is 12.3 Å². The first-order valence-corrected chi connectivity index (χ1v) is 10.0. The molecule has 2 unspecified atom stereocenters. The summed E-state index contributed by atoms with van der Waals surface area (Å²) in [5.74, 6) is -0.764. The van der Waals surface area contributed by atoms with E-state index in [0.29, 0.717) is 6.42 Å². The van der Waals surface area contributed by atoms with E-state index in [1.165, 1.54) is 0 Å². The van der Waals surface area contributed by atoms with Gasteiger partial charge in [-0.05, 0) is 43.0 Å². The minimum absolute atomic E-state index is 0.0285. The minimum atomic E-state index is -3.43. The van der Waals surface area contributed by atoms with E-state index in [0.717, 1.165) is 23.7 Å². The first kappa shape index (κ1) is 18.0. The summed E-state index contributed by atoms with van der Waals surface area (Å²) >= 11 is 3.29. The van der Waals surface area contributed by atoms with Gasteiger partial charge in [-0.2, -0.15) is 5.26 Å². The Morgan fingerprint density at radius 3 is 2.57 bits per heavy atom. The highest BCUT2D eigenvalue weighted by Gasteiger charge is 2.34. The maximum absolute atomic E-state index is 12.6. The average Bonchev–Trinajstić information content (AvgIpc) is 2.53. The Kier molecular flexibility index (Phi) is 6.19. The molecule has 0 aliphatic heterocycles. The van der Waals surface area contributed by atoms with E-state index in [1.807, 2.05) is 6.07 Å². The first-order chi connectivity index (χ1) is 10.9. The number of carbonyl (C=O) groups is 1. The third kappa shape index (κ3) is 4.79. The topological polar surface area (TPSA) is 87.0 Å². The van der Waals surface area contributed by atoms with Crippen LogP contribution in [0.15, 0.2) is 33.6 Å². The molecule has 1 aromatic carbocycles. The van der Waals surface area contributed by atoms with Crippen molar-refractivity contribution >= 4 is 31.7 Å². The van der Waals surface area contributed by atoms with Crippen molar-refractivity contribution in [3.63, 3.8) is 0 Å². The first-order valence-electron chi connectivity index (χ1n) is 7.57. The molecule has 0 heterocycles. The fourth-order valence-corrected chi connectivity index (χ4v) is 5.00. The number of halogens is 1. The van der Waals surface area contributed by atoms with Crippen LogP contribution in [0.2, 0.25) is 0 Å². The van der Waals surface area contributed by atoms with Crippen LogP contribution >= 0.6 is 15.9 Å². The molecule has 1 saturated carbocycles. The Balaban J connectivity index is 2.13. The van der Waals surface area contributed by atoms with E-state index in [1.54, 1.807) is 24.3 Å². The van der Waals surface area contributed by atoms with Gasteiger partial charge in [-0.25, -0.2) is 8.42 Å². The molecule has 0 aromatic heterocycles. The lowest BCUT2D eigenvalue weighted by Gasteiger charge is -2.30. The standard InChI is InChI=1S/C16H19BrN2O3S/c17-13-5-7-14(8-6-13)23(21,22)11-12-3-1-2-4-15(12)16(20)19-10-9-18/h5-8,12,15H,1-4,10-11H2,(H,19,20). The number of nitrogens with one attached hydrogen (secondary N) is 1. The molecule has 7 heteroatoms. The van der Waals surface area contributed by atoms with Crippen LogP contribution in [0.3, 0.4) is 0 Å². The fourth-order valence-electron chi connectivity index (χ4n) is 3.03. The third-order valence-electron chi connectivity index (χ3n) is 4.19. The van der Waals surface area contributed by atoms with Crippen molar-refractivity contribution in [3.05, 3.63) is 28.7 Å². The number of benzene rings is 1. The highest BCUT2D eigenvalue weighted by Crippen LogP contribution is 2.32. The Morgan fingerprint density at radius 1 is 1.26 bits per heavy atom. The third-order valence-corrected chi connectivity index (χ3v) is 6.58. The molecule has 124 valence electrons. The van der Waals surface area contributed by atoms with Gasteiger partial charge in [-0.1, -0.05) is 28.8 Å². The lowest BCUT2D eigenvalue weighted by Crippen LogP contribution is -2.39. The number of rotatable bonds is 5. The van der Waals surface area contributed by atoms with Gasteiger partial charge in [0.1, 0.15) is 6.54 Å². The molecule has 2 atom stereocenters. The number of hydrogen-bond donors (Lipinski definition) is 1. The second-order valence-corrected chi connectivity index (χ2v) is 8.71. The summed E-state index contributed by atoms with van der Waals surface area (Å²) in [7, 11) is -3.43. The smallest absolute Gasteiger partial charge is 0.224 e. The largest absolute Gasteiger partial charge is 0.343 e. The van der Waals surface area contributed by atoms with E-state index in [-0.39, 0.29) is 34.9 Å². The van der Waals surface area contributed by atoms with Gasteiger partial charge in [0, 0.05) is 10.4 Å². The second kappa shape index (κ2) is 7.93. The molecular weight excluding hydrogens is 380 g/mol. The molecule has 23 heavy (non-hydrogen) atoms. The van der Waals surface area contributed by atoms with Crippen LogP contribution < -0.4 is 5.32 Å². The van der Waals surface area contributed by atoms with E-state index < -0.39 is 9.84 Å². The van der Waals surface area contributed by atoms with Crippen molar-refractivity contribution < 1.29 is 13.2 Å². The van der Waals surface area contributed by atoms with Crippen molar-refractivity contribution in [3.8, 4) is 6.07 Å². The van der Waals surface area contributed by atoms with Crippen LogP contribution in [0.1, 0.15) is 25.7 Å². The maximum atomic E-state index is 12.6. The van der Waals surface area contributed by atoms with Crippen molar-refractivity contribution in [2.45, 2.75) is 30.6 Å². The molecule has 1 N–H and O–H groups in total. The van der Waals surface area contributed by atoms with Gasteiger partial charge in [0.25, 0.3) is 0 Å². The van der Waals surface area contributed by atoms with E-state index in [2.05, 4.69) is 21.2 Å². The minimum Gasteiger partial charge on any atom is -0.343 e. The van der Waals surface area contributed by atoms with Crippen LogP contribution in [-0.2, 0) is 14.6 Å².